The van der Waals surface area contributed by atoms with Crippen LogP contribution in [0.15, 0.2) is 60.8 Å². The van der Waals surface area contributed by atoms with Gasteiger partial charge in [-0.15, -0.1) is 6.42 Å². The van der Waals surface area contributed by atoms with E-state index in [2.05, 4.69) is 33.9 Å². The molecule has 2 aromatic heterocycles. The number of carboxylic acid groups (broad SMARTS) is 1. The van der Waals surface area contributed by atoms with Crippen LogP contribution in [0, 0.1) is 18.2 Å². The van der Waals surface area contributed by atoms with Crippen LogP contribution in [-0.2, 0) is 4.74 Å². The lowest BCUT2D eigenvalue weighted by molar-refractivity contribution is 0.0512. The number of methoxy groups -OCH3 is 1. The van der Waals surface area contributed by atoms with Gasteiger partial charge < -0.3 is 24.2 Å². The highest BCUT2D eigenvalue weighted by molar-refractivity contribution is 6.03. The predicted molar refractivity (Wildman–Crippen MR) is 187 cm³/mol. The summed E-state index contributed by atoms with van der Waals surface area (Å²) >= 11 is 0. The van der Waals surface area contributed by atoms with E-state index < -0.39 is 11.9 Å². The van der Waals surface area contributed by atoms with Crippen LogP contribution in [0.1, 0.15) is 31.2 Å². The van der Waals surface area contributed by atoms with Crippen molar-refractivity contribution in [3.63, 3.8) is 0 Å². The molecule has 0 radical (unpaired) electrons. The summed E-state index contributed by atoms with van der Waals surface area (Å²) in [5.41, 5.74) is 3.06. The summed E-state index contributed by atoms with van der Waals surface area (Å²) < 4.78 is 34.5. The van der Waals surface area contributed by atoms with E-state index in [0.717, 1.165) is 55.3 Å². The number of piperazine rings is 1. The number of hydrogen-bond donors (Lipinski definition) is 1. The van der Waals surface area contributed by atoms with Crippen molar-refractivity contribution < 1.29 is 28.5 Å². The molecular formula is C38H37FN6O5. The number of nitrogens with zero attached hydrogens (tertiary/aromatic N) is 6. The number of amides is 1. The second-order valence-electron chi connectivity index (χ2n) is 13.8. The van der Waals surface area contributed by atoms with Gasteiger partial charge >= 0.3 is 12.1 Å². The molecule has 0 spiro atoms. The third kappa shape index (κ3) is 5.28. The van der Waals surface area contributed by atoms with Crippen LogP contribution in [0.25, 0.3) is 32.9 Å². The fourth-order valence-corrected chi connectivity index (χ4v) is 8.47. The van der Waals surface area contributed by atoms with Gasteiger partial charge in [-0.05, 0) is 49.3 Å². The molecule has 2 aromatic carbocycles. The molecule has 6 heterocycles. The lowest BCUT2D eigenvalue weighted by Crippen LogP contribution is -2.55. The Kier molecular flexibility index (Phi) is 7.84. The van der Waals surface area contributed by atoms with Gasteiger partial charge in [0.2, 0.25) is 0 Å². The molecule has 4 aliphatic rings. The highest BCUT2D eigenvalue weighted by Crippen LogP contribution is 2.44. The minimum absolute atomic E-state index is 0.00142. The SMILES string of the molecule is C#Cc1cccc2cc(OCOC)cc(-c3ncc4c(N5C[C@H]6CC[C@@H](C5)N6C(=O)O)nc(OCC56CC(=C)CN5CC(=C)C6)nc4c3F)c12. The van der Waals surface area contributed by atoms with Gasteiger partial charge in [0.15, 0.2) is 12.6 Å². The molecule has 0 saturated carbocycles. The third-order valence-corrected chi connectivity index (χ3v) is 10.5. The zero-order valence-corrected chi connectivity index (χ0v) is 27.8. The van der Waals surface area contributed by atoms with E-state index in [0.29, 0.717) is 46.6 Å². The first-order valence-corrected chi connectivity index (χ1v) is 16.7. The number of anilines is 1. The van der Waals surface area contributed by atoms with E-state index in [4.69, 9.17) is 25.6 Å². The number of carbonyl (C=O) groups is 1. The first kappa shape index (κ1) is 32.0. The predicted octanol–water partition coefficient (Wildman–Crippen LogP) is 5.62. The van der Waals surface area contributed by atoms with Crippen LogP contribution in [0.4, 0.5) is 15.0 Å². The summed E-state index contributed by atoms with van der Waals surface area (Å²) in [4.78, 5) is 32.2. The zero-order valence-electron chi connectivity index (χ0n) is 27.8. The van der Waals surface area contributed by atoms with Gasteiger partial charge in [0, 0.05) is 56.0 Å². The Bertz CT molecular complexity index is 2100. The van der Waals surface area contributed by atoms with Gasteiger partial charge in [-0.2, -0.15) is 9.97 Å². The maximum absolute atomic E-state index is 17.2. The topological polar surface area (TPSA) is 113 Å². The maximum Gasteiger partial charge on any atom is 0.407 e. The van der Waals surface area contributed by atoms with E-state index in [1.165, 1.54) is 12.0 Å². The number of benzene rings is 2. The smallest absolute Gasteiger partial charge is 0.407 e. The number of terminal acetylenes is 1. The van der Waals surface area contributed by atoms with Crippen molar-refractivity contribution >= 4 is 33.6 Å². The number of fused-ring (bicyclic) bond motifs is 5. The number of rotatable bonds is 8. The number of halogens is 1. The van der Waals surface area contributed by atoms with Crippen LogP contribution in [-0.4, -0.2) is 100 Å². The van der Waals surface area contributed by atoms with E-state index in [1.807, 2.05) is 23.1 Å². The summed E-state index contributed by atoms with van der Waals surface area (Å²) in [5.74, 6) is 2.98. The Morgan fingerprint density at radius 2 is 1.86 bits per heavy atom. The van der Waals surface area contributed by atoms with E-state index in [9.17, 15) is 9.90 Å². The molecule has 4 aromatic rings. The van der Waals surface area contributed by atoms with Crippen LogP contribution in [0.2, 0.25) is 0 Å². The lowest BCUT2D eigenvalue weighted by atomic mass is 9.92. The summed E-state index contributed by atoms with van der Waals surface area (Å²) in [5, 5.41) is 11.7. The molecule has 0 aliphatic carbocycles. The molecule has 12 heteroatoms. The summed E-state index contributed by atoms with van der Waals surface area (Å²) in [6.07, 6.45) is 9.58. The zero-order chi connectivity index (χ0) is 34.7. The number of aromatic nitrogens is 3. The molecule has 11 nitrogen and oxygen atoms in total. The second-order valence-corrected chi connectivity index (χ2v) is 13.8. The van der Waals surface area contributed by atoms with E-state index in [-0.39, 0.29) is 48.2 Å². The summed E-state index contributed by atoms with van der Waals surface area (Å²) in [6.45, 7) is 11.1. The average molecular weight is 677 g/mol. The van der Waals surface area contributed by atoms with Crippen molar-refractivity contribution in [2.45, 2.75) is 43.3 Å². The monoisotopic (exact) mass is 676 g/mol. The molecule has 1 N–H and O–H groups in total. The molecular weight excluding hydrogens is 639 g/mol. The number of hydrogen-bond acceptors (Lipinski definition) is 9. The van der Waals surface area contributed by atoms with Gasteiger partial charge in [0.1, 0.15) is 29.4 Å². The molecule has 4 aliphatic heterocycles. The van der Waals surface area contributed by atoms with Gasteiger partial charge in [-0.25, -0.2) is 9.18 Å². The van der Waals surface area contributed by atoms with Crippen LogP contribution < -0.4 is 14.4 Å². The molecule has 50 heavy (non-hydrogen) atoms. The van der Waals surface area contributed by atoms with E-state index in [1.54, 1.807) is 18.3 Å². The van der Waals surface area contributed by atoms with Crippen LogP contribution in [0.3, 0.4) is 0 Å². The molecule has 256 valence electrons. The minimum Gasteiger partial charge on any atom is -0.468 e. The molecule has 1 amide bonds. The van der Waals surface area contributed by atoms with Crippen molar-refractivity contribution in [2.24, 2.45) is 0 Å². The van der Waals surface area contributed by atoms with Crippen LogP contribution >= 0.6 is 0 Å². The standard InChI is InChI=1S/C38H37FN6O5/c1-5-24-7-6-8-25-11-28(50-21-48-4)12-29(31(24)25)33-32(39)34-30(15-40-33)35(43-18-26-9-10-27(19-43)45(26)37(46)47)42-36(41-34)49-20-38-13-22(2)16-44(38)17-23(3)14-38/h1,6-8,11-12,15,26-27H,2-3,9-10,13-14,16-21H2,4H3,(H,46,47)/t26-,27+. The van der Waals surface area contributed by atoms with Gasteiger partial charge in [-0.1, -0.05) is 42.4 Å². The first-order chi connectivity index (χ1) is 24.2. The first-order valence-electron chi connectivity index (χ1n) is 16.7. The largest absolute Gasteiger partial charge is 0.468 e. The fourth-order valence-electron chi connectivity index (χ4n) is 8.47. The average Bonchev–Trinajstić information content (AvgIpc) is 3.68. The molecule has 2 atom stereocenters. The minimum atomic E-state index is -0.929. The second kappa shape index (κ2) is 12.3. The molecule has 2 bridgehead atoms. The Morgan fingerprint density at radius 1 is 1.12 bits per heavy atom. The molecule has 8 rings (SSSR count). The van der Waals surface area contributed by atoms with Gasteiger partial charge in [0.25, 0.3) is 0 Å². The summed E-state index contributed by atoms with van der Waals surface area (Å²) in [6, 6.07) is 8.68. The maximum atomic E-state index is 17.2. The summed E-state index contributed by atoms with van der Waals surface area (Å²) in [7, 11) is 1.52. The fraction of sp³-hybridized carbons (Fsp3) is 0.368. The number of pyridine rings is 1. The lowest BCUT2D eigenvalue weighted by Gasteiger charge is -2.40. The number of ether oxygens (including phenoxy) is 3. The normalized spacial score (nSPS) is 21.2. The van der Waals surface area contributed by atoms with Crippen molar-refractivity contribution in [1.29, 1.82) is 0 Å². The van der Waals surface area contributed by atoms with Crippen LogP contribution in [0.5, 0.6) is 11.8 Å². The molecule has 4 saturated heterocycles. The molecule has 4 fully saturated rings. The Hall–Kier alpha value is -5.25. The van der Waals surface area contributed by atoms with Gasteiger partial charge in [0.05, 0.1) is 23.0 Å². The van der Waals surface area contributed by atoms with Crippen molar-refractivity contribution in [2.75, 3.05) is 51.6 Å². The molecule has 0 unspecified atom stereocenters. The third-order valence-electron chi connectivity index (χ3n) is 10.5. The van der Waals surface area contributed by atoms with Crippen molar-refractivity contribution in [3.05, 3.63) is 72.2 Å². The van der Waals surface area contributed by atoms with Gasteiger partial charge in [-0.3, -0.25) is 14.8 Å². The highest BCUT2D eigenvalue weighted by atomic mass is 19.1. The highest BCUT2D eigenvalue weighted by Gasteiger charge is 2.48. The Balaban J connectivity index is 1.26. The van der Waals surface area contributed by atoms with Crippen molar-refractivity contribution in [1.82, 2.24) is 24.8 Å². The Labute approximate surface area is 289 Å². The Morgan fingerprint density at radius 3 is 2.54 bits per heavy atom. The van der Waals surface area contributed by atoms with E-state index >= 15 is 4.39 Å². The van der Waals surface area contributed by atoms with Crippen molar-refractivity contribution in [3.8, 4) is 35.4 Å². The quantitative estimate of drug-likeness (QED) is 0.143.